The van der Waals surface area contributed by atoms with Crippen LogP contribution in [0.2, 0.25) is 0 Å². The number of thiophene rings is 1. The largest absolute Gasteiger partial charge is 0.367 e. The first-order valence-electron chi connectivity index (χ1n) is 10.4. The highest BCUT2D eigenvalue weighted by Gasteiger charge is 2.22. The Labute approximate surface area is 174 Å². The van der Waals surface area contributed by atoms with Gasteiger partial charge in [-0.15, -0.1) is 11.3 Å². The Morgan fingerprint density at radius 3 is 2.93 bits per heavy atom. The molecule has 29 heavy (non-hydrogen) atoms. The Kier molecular flexibility index (Phi) is 4.93. The molecular formula is C22H27N5OS. The normalized spacial score (nSPS) is 15.6. The maximum Gasteiger partial charge on any atom is 0.320 e. The first-order chi connectivity index (χ1) is 14.2. The zero-order valence-electron chi connectivity index (χ0n) is 16.7. The van der Waals surface area contributed by atoms with E-state index in [4.69, 9.17) is 0 Å². The van der Waals surface area contributed by atoms with Gasteiger partial charge in [-0.05, 0) is 68.3 Å². The van der Waals surface area contributed by atoms with Gasteiger partial charge in [-0.3, -0.25) is 5.32 Å². The summed E-state index contributed by atoms with van der Waals surface area (Å²) in [6, 6.07) is 1.93. The maximum absolute atomic E-state index is 12.7. The second-order valence-electron chi connectivity index (χ2n) is 7.93. The van der Waals surface area contributed by atoms with Crippen molar-refractivity contribution in [2.75, 3.05) is 11.9 Å². The van der Waals surface area contributed by atoms with Gasteiger partial charge >= 0.3 is 6.03 Å². The van der Waals surface area contributed by atoms with Gasteiger partial charge in [0.2, 0.25) is 0 Å². The molecule has 0 unspecified atom stereocenters. The topological polar surface area (TPSA) is 84.7 Å². The van der Waals surface area contributed by atoms with Crippen LogP contribution >= 0.6 is 11.3 Å². The van der Waals surface area contributed by atoms with Crippen molar-refractivity contribution in [3.8, 4) is 11.3 Å². The third-order valence-corrected chi connectivity index (χ3v) is 7.44. The number of fused-ring (bicyclic) bond motifs is 2. The minimum Gasteiger partial charge on any atom is -0.367 e. The van der Waals surface area contributed by atoms with Crippen molar-refractivity contribution >= 4 is 22.4 Å². The van der Waals surface area contributed by atoms with Crippen molar-refractivity contribution in [3.05, 3.63) is 51.3 Å². The molecule has 0 radical (unpaired) electrons. The van der Waals surface area contributed by atoms with E-state index in [0.717, 1.165) is 48.6 Å². The smallest absolute Gasteiger partial charge is 0.320 e. The number of carbonyl (C=O) groups excluding carboxylic acids is 1. The van der Waals surface area contributed by atoms with E-state index in [1.807, 2.05) is 12.4 Å². The summed E-state index contributed by atoms with van der Waals surface area (Å²) in [6.45, 7) is 4.47. The summed E-state index contributed by atoms with van der Waals surface area (Å²) in [5, 5.41) is 10.6. The molecule has 0 spiro atoms. The molecule has 5 N–H and O–H groups in total. The van der Waals surface area contributed by atoms with Gasteiger partial charge in [-0.25, -0.2) is 4.79 Å². The standard InChI is InChI=1S/C22H27N5OS/c1-13-15-4-2-3-5-19(15)29-21(13)27-22(28)25-11-17-16-7-9-24-12-18(16)26-20(17)14-6-8-23-10-14/h6,8,10,23-24,26H,2-5,7,9,11-12H2,1H3,(H2,25,27,28). The molecule has 1 aliphatic carbocycles. The average Bonchev–Trinajstić information content (AvgIpc) is 3.45. The average molecular weight is 410 g/mol. The molecular weight excluding hydrogens is 382 g/mol. The van der Waals surface area contributed by atoms with Crippen LogP contribution in [-0.2, 0) is 32.4 Å². The summed E-state index contributed by atoms with van der Waals surface area (Å²) in [5.74, 6) is 0. The van der Waals surface area contributed by atoms with Crippen LogP contribution in [0, 0.1) is 6.92 Å². The zero-order chi connectivity index (χ0) is 19.8. The van der Waals surface area contributed by atoms with Crippen LogP contribution in [0.15, 0.2) is 18.5 Å². The summed E-state index contributed by atoms with van der Waals surface area (Å²) in [6.07, 6.45) is 9.70. The van der Waals surface area contributed by atoms with Gasteiger partial charge in [0.05, 0.1) is 10.7 Å². The minimum atomic E-state index is -0.129. The van der Waals surface area contributed by atoms with Crippen LogP contribution in [0.1, 0.15) is 45.7 Å². The second-order valence-corrected chi connectivity index (χ2v) is 9.04. The highest BCUT2D eigenvalue weighted by Crippen LogP contribution is 2.37. The molecule has 7 heteroatoms. The van der Waals surface area contributed by atoms with Crippen molar-refractivity contribution in [1.29, 1.82) is 0 Å². The Bertz CT molecular complexity index is 1030. The van der Waals surface area contributed by atoms with Gasteiger partial charge in [-0.1, -0.05) is 0 Å². The quantitative estimate of drug-likeness (QED) is 0.447. The van der Waals surface area contributed by atoms with E-state index in [-0.39, 0.29) is 6.03 Å². The number of aromatic nitrogens is 2. The summed E-state index contributed by atoms with van der Waals surface area (Å²) in [5.41, 5.74) is 8.69. The van der Waals surface area contributed by atoms with Crippen molar-refractivity contribution in [2.45, 2.75) is 52.1 Å². The summed E-state index contributed by atoms with van der Waals surface area (Å²) < 4.78 is 0. The van der Waals surface area contributed by atoms with Gasteiger partial charge in [0.1, 0.15) is 0 Å². The van der Waals surface area contributed by atoms with Crippen molar-refractivity contribution in [3.63, 3.8) is 0 Å². The van der Waals surface area contributed by atoms with Crippen molar-refractivity contribution in [1.82, 2.24) is 20.6 Å². The van der Waals surface area contributed by atoms with Gasteiger partial charge in [0.15, 0.2) is 0 Å². The Morgan fingerprint density at radius 2 is 2.10 bits per heavy atom. The molecule has 1 aliphatic heterocycles. The van der Waals surface area contributed by atoms with E-state index >= 15 is 0 Å². The number of rotatable bonds is 4. The fraction of sp³-hybridized carbons (Fsp3) is 0.409. The number of amides is 2. The predicted octanol–water partition coefficient (Wildman–Crippen LogP) is 4.23. The monoisotopic (exact) mass is 409 g/mol. The molecule has 4 heterocycles. The second kappa shape index (κ2) is 7.72. The SMILES string of the molecule is Cc1c(NC(=O)NCc2c(-c3cc[nH]c3)[nH]c3c2CCNC3)sc2c1CCCC2. The molecule has 0 fully saturated rings. The van der Waals surface area contributed by atoms with Gasteiger partial charge in [0, 0.05) is 47.2 Å². The minimum absolute atomic E-state index is 0.129. The van der Waals surface area contributed by atoms with E-state index in [2.05, 4.69) is 38.9 Å². The third kappa shape index (κ3) is 3.49. The lowest BCUT2D eigenvalue weighted by atomic mass is 9.96. The number of aryl methyl sites for hydroxylation is 1. The fourth-order valence-corrected chi connectivity index (χ4v) is 5.89. The number of carbonyl (C=O) groups is 1. The Hall–Kier alpha value is -2.51. The predicted molar refractivity (Wildman–Crippen MR) is 118 cm³/mol. The summed E-state index contributed by atoms with van der Waals surface area (Å²) >= 11 is 1.75. The molecule has 3 aromatic rings. The fourth-order valence-electron chi connectivity index (χ4n) is 4.59. The molecule has 0 bridgehead atoms. The number of hydrogen-bond acceptors (Lipinski definition) is 3. The lowest BCUT2D eigenvalue weighted by Crippen LogP contribution is -2.29. The van der Waals surface area contributed by atoms with Crippen LogP contribution in [0.3, 0.4) is 0 Å². The number of H-pyrrole nitrogens is 2. The number of nitrogens with one attached hydrogen (secondary N) is 5. The molecule has 0 atom stereocenters. The van der Waals surface area contributed by atoms with Crippen LogP contribution in [0.5, 0.6) is 0 Å². The van der Waals surface area contributed by atoms with Crippen LogP contribution in [-0.4, -0.2) is 22.5 Å². The first kappa shape index (κ1) is 18.5. The van der Waals surface area contributed by atoms with Gasteiger partial charge < -0.3 is 20.6 Å². The van der Waals surface area contributed by atoms with E-state index in [1.54, 1.807) is 11.3 Å². The van der Waals surface area contributed by atoms with E-state index in [9.17, 15) is 4.79 Å². The molecule has 152 valence electrons. The highest BCUT2D eigenvalue weighted by atomic mass is 32.1. The molecule has 3 aromatic heterocycles. The van der Waals surface area contributed by atoms with Crippen molar-refractivity contribution in [2.24, 2.45) is 0 Å². The van der Waals surface area contributed by atoms with E-state index < -0.39 is 0 Å². The van der Waals surface area contributed by atoms with Crippen LogP contribution in [0.25, 0.3) is 11.3 Å². The van der Waals surface area contributed by atoms with Crippen molar-refractivity contribution < 1.29 is 4.79 Å². The maximum atomic E-state index is 12.7. The molecule has 2 aliphatic rings. The molecule has 0 aromatic carbocycles. The Balaban J connectivity index is 1.33. The van der Waals surface area contributed by atoms with Gasteiger partial charge in [0.25, 0.3) is 0 Å². The first-order valence-corrected chi connectivity index (χ1v) is 11.2. The molecule has 0 saturated carbocycles. The molecule has 0 saturated heterocycles. The molecule has 6 nitrogen and oxygen atoms in total. The molecule has 2 amide bonds. The lowest BCUT2D eigenvalue weighted by molar-refractivity contribution is 0.252. The van der Waals surface area contributed by atoms with Crippen LogP contribution in [0.4, 0.5) is 9.80 Å². The summed E-state index contributed by atoms with van der Waals surface area (Å²) in [4.78, 5) is 20.8. The van der Waals surface area contributed by atoms with E-state index in [0.29, 0.717) is 6.54 Å². The molecule has 5 rings (SSSR count). The number of urea groups is 1. The van der Waals surface area contributed by atoms with Crippen LogP contribution < -0.4 is 16.0 Å². The van der Waals surface area contributed by atoms with E-state index in [1.165, 1.54) is 45.7 Å². The highest BCUT2D eigenvalue weighted by molar-refractivity contribution is 7.16. The number of anilines is 1. The summed E-state index contributed by atoms with van der Waals surface area (Å²) in [7, 11) is 0. The number of aromatic amines is 2. The van der Waals surface area contributed by atoms with Gasteiger partial charge in [-0.2, -0.15) is 0 Å². The Morgan fingerprint density at radius 1 is 1.21 bits per heavy atom. The number of hydrogen-bond donors (Lipinski definition) is 5. The third-order valence-electron chi connectivity index (χ3n) is 6.13. The lowest BCUT2D eigenvalue weighted by Gasteiger charge is -2.15. The zero-order valence-corrected chi connectivity index (χ0v) is 17.5.